The van der Waals surface area contributed by atoms with Crippen LogP contribution in [-0.2, 0) is 19.1 Å². The van der Waals surface area contributed by atoms with Gasteiger partial charge in [-0.1, -0.05) is 37.4 Å². The van der Waals surface area contributed by atoms with E-state index in [2.05, 4.69) is 17.9 Å². The van der Waals surface area contributed by atoms with Crippen molar-refractivity contribution in [2.24, 2.45) is 0 Å². The first kappa shape index (κ1) is 26.6. The lowest BCUT2D eigenvalue weighted by molar-refractivity contribution is -0.134. The summed E-state index contributed by atoms with van der Waals surface area (Å²) in [5.41, 5.74) is 1.66. The zero-order valence-electron chi connectivity index (χ0n) is 19.8. The maximum Gasteiger partial charge on any atom is 0.338 e. The van der Waals surface area contributed by atoms with Gasteiger partial charge in [0.2, 0.25) is 0 Å². The minimum absolute atomic E-state index is 0.164. The molecule has 0 atom stereocenters. The Labute approximate surface area is 212 Å². The Bertz CT molecular complexity index is 1370. The lowest BCUT2D eigenvalue weighted by atomic mass is 9.99. The van der Waals surface area contributed by atoms with Gasteiger partial charge in [-0.05, 0) is 48.4 Å². The summed E-state index contributed by atoms with van der Waals surface area (Å²) in [4.78, 5) is 22.3. The zero-order valence-corrected chi connectivity index (χ0v) is 19.8. The second kappa shape index (κ2) is 12.6. The Balaban J connectivity index is 1.67. The number of esters is 2. The number of ether oxygens (including phenoxy) is 4. The molecular weight excluding hydrogens is 482 g/mol. The van der Waals surface area contributed by atoms with Gasteiger partial charge < -0.3 is 18.9 Å². The lowest BCUT2D eigenvalue weighted by Gasteiger charge is -2.09. The van der Waals surface area contributed by atoms with Gasteiger partial charge >= 0.3 is 11.9 Å². The highest BCUT2D eigenvalue weighted by Gasteiger charge is 2.12. The average molecular weight is 504 g/mol. The molecule has 3 aromatic carbocycles. The molecule has 0 aromatic heterocycles. The van der Waals surface area contributed by atoms with E-state index in [1.165, 1.54) is 31.4 Å². The first-order chi connectivity index (χ1) is 17.8. The van der Waals surface area contributed by atoms with Gasteiger partial charge in [0.05, 0.1) is 0 Å². The van der Waals surface area contributed by atoms with Crippen molar-refractivity contribution in [3.05, 3.63) is 122 Å². The van der Waals surface area contributed by atoms with Gasteiger partial charge in [0, 0.05) is 28.8 Å². The fourth-order valence-electron chi connectivity index (χ4n) is 2.98. The van der Waals surface area contributed by atoms with Crippen molar-refractivity contribution in [1.29, 1.82) is 0 Å². The highest BCUT2D eigenvalue weighted by Crippen LogP contribution is 2.31. The number of benzene rings is 3. The van der Waals surface area contributed by atoms with E-state index in [1.807, 2.05) is 0 Å². The Morgan fingerprint density at radius 3 is 1.89 bits per heavy atom. The van der Waals surface area contributed by atoms with Gasteiger partial charge in [0.15, 0.2) is 0 Å². The third-order valence-electron chi connectivity index (χ3n) is 4.78. The molecular formula is C29H22F2O6. The number of hydrogen-bond donors (Lipinski definition) is 0. The minimum atomic E-state index is -0.620. The van der Waals surface area contributed by atoms with Crippen molar-refractivity contribution in [2.75, 3.05) is 0 Å². The summed E-state index contributed by atoms with van der Waals surface area (Å²) in [6, 6.07) is 15.1. The molecule has 0 bridgehead atoms. The van der Waals surface area contributed by atoms with Crippen LogP contribution in [0.1, 0.15) is 6.92 Å². The van der Waals surface area contributed by atoms with E-state index < -0.39 is 23.6 Å². The Morgan fingerprint density at radius 1 is 0.730 bits per heavy atom. The molecule has 0 N–H and O–H groups in total. The SMILES string of the molecule is C=CC(=O)O/C=C\Oc1ccc(-c2ccc(-c3ccc(O/C=C\OC(=O)C(=C)C)cc3F)cc2F)cc1. The number of hydrogen-bond acceptors (Lipinski definition) is 6. The Morgan fingerprint density at radius 2 is 1.27 bits per heavy atom. The van der Waals surface area contributed by atoms with E-state index in [1.54, 1.807) is 36.4 Å². The van der Waals surface area contributed by atoms with Crippen LogP contribution in [0.15, 0.2) is 111 Å². The summed E-state index contributed by atoms with van der Waals surface area (Å²) in [5, 5.41) is 0. The molecule has 3 aromatic rings. The van der Waals surface area contributed by atoms with Crippen LogP contribution in [-0.4, -0.2) is 11.9 Å². The number of carbonyl (C=O) groups excluding carboxylic acids is 2. The Hall–Kier alpha value is -4.98. The zero-order chi connectivity index (χ0) is 26.8. The predicted octanol–water partition coefficient (Wildman–Crippen LogP) is 6.85. The van der Waals surface area contributed by atoms with E-state index >= 15 is 0 Å². The molecule has 0 heterocycles. The second-order valence-corrected chi connectivity index (χ2v) is 7.47. The fourth-order valence-corrected chi connectivity index (χ4v) is 2.98. The minimum Gasteiger partial charge on any atom is -0.462 e. The molecule has 0 spiro atoms. The topological polar surface area (TPSA) is 71.1 Å². The molecule has 3 rings (SSSR count). The van der Waals surface area contributed by atoms with Crippen molar-refractivity contribution >= 4 is 11.9 Å². The maximum atomic E-state index is 14.9. The van der Waals surface area contributed by atoms with Crippen LogP contribution in [0.4, 0.5) is 8.78 Å². The summed E-state index contributed by atoms with van der Waals surface area (Å²) in [5.74, 6) is -1.78. The maximum absolute atomic E-state index is 14.9. The molecule has 0 aliphatic heterocycles. The van der Waals surface area contributed by atoms with Crippen molar-refractivity contribution in [2.45, 2.75) is 6.92 Å². The predicted molar refractivity (Wildman–Crippen MR) is 134 cm³/mol. The standard InChI is InChI=1S/C29H22F2O6/c1-4-28(32)36-15-13-34-22-8-5-20(6-9-22)24-11-7-21(17-26(24)30)25-12-10-23(18-27(25)31)35-14-16-37-29(33)19(2)3/h4-18H,1-2H2,3H3/b15-13-,16-14-. The van der Waals surface area contributed by atoms with Crippen LogP contribution >= 0.6 is 0 Å². The van der Waals surface area contributed by atoms with E-state index in [-0.39, 0.29) is 16.9 Å². The van der Waals surface area contributed by atoms with E-state index in [0.29, 0.717) is 22.4 Å². The highest BCUT2D eigenvalue weighted by molar-refractivity contribution is 5.87. The van der Waals surface area contributed by atoms with Crippen molar-refractivity contribution in [1.82, 2.24) is 0 Å². The average Bonchev–Trinajstić information content (AvgIpc) is 2.89. The molecule has 8 heteroatoms. The molecule has 0 fully saturated rings. The highest BCUT2D eigenvalue weighted by atomic mass is 19.1. The molecule has 0 aliphatic rings. The molecule has 188 valence electrons. The van der Waals surface area contributed by atoms with E-state index in [9.17, 15) is 18.4 Å². The first-order valence-electron chi connectivity index (χ1n) is 10.8. The monoisotopic (exact) mass is 504 g/mol. The van der Waals surface area contributed by atoms with E-state index in [0.717, 1.165) is 30.9 Å². The van der Waals surface area contributed by atoms with Gasteiger partial charge in [0.1, 0.15) is 48.2 Å². The summed E-state index contributed by atoms with van der Waals surface area (Å²) in [7, 11) is 0. The fraction of sp³-hybridized carbons (Fsp3) is 0.0345. The number of halogens is 2. The van der Waals surface area contributed by atoms with Crippen LogP contribution < -0.4 is 9.47 Å². The number of rotatable bonds is 10. The summed E-state index contributed by atoms with van der Waals surface area (Å²) < 4.78 is 49.5. The van der Waals surface area contributed by atoms with Crippen LogP contribution in [0.5, 0.6) is 11.5 Å². The smallest absolute Gasteiger partial charge is 0.338 e. The van der Waals surface area contributed by atoms with Crippen LogP contribution in [0.3, 0.4) is 0 Å². The third-order valence-corrected chi connectivity index (χ3v) is 4.78. The first-order valence-corrected chi connectivity index (χ1v) is 10.8. The normalized spacial score (nSPS) is 10.8. The molecule has 0 radical (unpaired) electrons. The molecule has 6 nitrogen and oxygen atoms in total. The van der Waals surface area contributed by atoms with Gasteiger partial charge in [-0.15, -0.1) is 0 Å². The molecule has 0 unspecified atom stereocenters. The van der Waals surface area contributed by atoms with Gasteiger partial charge in [-0.3, -0.25) is 0 Å². The molecule has 0 aliphatic carbocycles. The van der Waals surface area contributed by atoms with Gasteiger partial charge in [-0.2, -0.15) is 0 Å². The molecule has 0 saturated carbocycles. The molecule has 0 amide bonds. The van der Waals surface area contributed by atoms with Crippen LogP contribution in [0, 0.1) is 11.6 Å². The number of carbonyl (C=O) groups is 2. The van der Waals surface area contributed by atoms with Gasteiger partial charge in [-0.25, -0.2) is 18.4 Å². The van der Waals surface area contributed by atoms with Gasteiger partial charge in [0.25, 0.3) is 0 Å². The largest absolute Gasteiger partial charge is 0.462 e. The van der Waals surface area contributed by atoms with Crippen molar-refractivity contribution in [3.63, 3.8) is 0 Å². The van der Waals surface area contributed by atoms with Crippen molar-refractivity contribution in [3.8, 4) is 33.8 Å². The Kier molecular flexibility index (Phi) is 9.10. The van der Waals surface area contributed by atoms with Crippen LogP contribution in [0.25, 0.3) is 22.3 Å². The summed E-state index contributed by atoms with van der Waals surface area (Å²) in [6.45, 7) is 8.22. The summed E-state index contributed by atoms with van der Waals surface area (Å²) in [6.07, 6.45) is 5.39. The quantitative estimate of drug-likeness (QED) is 0.171. The summed E-state index contributed by atoms with van der Waals surface area (Å²) >= 11 is 0. The lowest BCUT2D eigenvalue weighted by Crippen LogP contribution is -1.99. The third kappa shape index (κ3) is 7.50. The van der Waals surface area contributed by atoms with E-state index in [4.69, 9.17) is 14.2 Å². The van der Waals surface area contributed by atoms with Crippen molar-refractivity contribution < 1.29 is 37.3 Å². The van der Waals surface area contributed by atoms with Crippen LogP contribution in [0.2, 0.25) is 0 Å². The molecule has 37 heavy (non-hydrogen) atoms. The molecule has 0 saturated heterocycles. The second-order valence-electron chi connectivity index (χ2n) is 7.47.